The summed E-state index contributed by atoms with van der Waals surface area (Å²) in [6.07, 6.45) is 2.19. The van der Waals surface area contributed by atoms with Crippen molar-refractivity contribution in [2.45, 2.75) is 58.0 Å². The lowest BCUT2D eigenvalue weighted by Crippen LogP contribution is -2.46. The van der Waals surface area contributed by atoms with E-state index in [2.05, 4.69) is 31.4 Å². The number of carbonyl (C=O) groups is 2. The van der Waals surface area contributed by atoms with Crippen molar-refractivity contribution in [3.05, 3.63) is 65.2 Å². The smallest absolute Gasteiger partial charge is 0.251 e. The van der Waals surface area contributed by atoms with Crippen molar-refractivity contribution >= 4 is 11.8 Å². The molecule has 2 unspecified atom stereocenters. The minimum absolute atomic E-state index is 0.0292. The molecule has 1 aliphatic carbocycles. The Morgan fingerprint density at radius 3 is 2.07 bits per heavy atom. The van der Waals surface area contributed by atoms with Gasteiger partial charge in [-0.1, -0.05) is 45.0 Å². The van der Waals surface area contributed by atoms with Crippen LogP contribution >= 0.6 is 0 Å². The van der Waals surface area contributed by atoms with Crippen LogP contribution in [0.25, 0.3) is 0 Å². The van der Waals surface area contributed by atoms with Gasteiger partial charge in [-0.05, 0) is 66.5 Å². The highest BCUT2D eigenvalue weighted by molar-refractivity contribution is 5.97. The highest BCUT2D eigenvalue weighted by Crippen LogP contribution is 2.41. The zero-order valence-electron chi connectivity index (χ0n) is 18.5. The molecule has 5 heteroatoms. The van der Waals surface area contributed by atoms with Crippen LogP contribution in [0.2, 0.25) is 0 Å². The molecule has 0 radical (unpaired) electrons. The number of carbonyl (C=O) groups excluding carboxylic acids is 2. The summed E-state index contributed by atoms with van der Waals surface area (Å²) in [6.45, 7) is 8.11. The van der Waals surface area contributed by atoms with Crippen LogP contribution in [-0.4, -0.2) is 25.0 Å². The fraction of sp³-hybridized carbons (Fsp3) is 0.440. The van der Waals surface area contributed by atoms with E-state index in [1.165, 1.54) is 0 Å². The Kier molecular flexibility index (Phi) is 6.49. The summed E-state index contributed by atoms with van der Waals surface area (Å²) in [6, 6.07) is 14.7. The molecule has 5 nitrogen and oxygen atoms in total. The molecular formula is C25H32N2O3. The molecule has 0 spiro atoms. The second-order valence-corrected chi connectivity index (χ2v) is 9.12. The van der Waals surface area contributed by atoms with Gasteiger partial charge in [0.1, 0.15) is 11.8 Å². The fourth-order valence-electron chi connectivity index (χ4n) is 3.46. The topological polar surface area (TPSA) is 67.4 Å². The van der Waals surface area contributed by atoms with Crippen LogP contribution in [-0.2, 0) is 10.2 Å². The molecule has 2 atom stereocenters. The Morgan fingerprint density at radius 2 is 1.57 bits per heavy atom. The first kappa shape index (κ1) is 21.9. The monoisotopic (exact) mass is 408 g/mol. The Hall–Kier alpha value is -2.82. The quantitative estimate of drug-likeness (QED) is 0.714. The highest BCUT2D eigenvalue weighted by atomic mass is 16.5. The molecule has 2 aromatic carbocycles. The van der Waals surface area contributed by atoms with Crippen LogP contribution in [0.3, 0.4) is 0 Å². The van der Waals surface area contributed by atoms with Gasteiger partial charge < -0.3 is 15.4 Å². The maximum atomic E-state index is 12.8. The lowest BCUT2D eigenvalue weighted by atomic mass is 9.86. The molecule has 0 aliphatic heterocycles. The number of nitrogens with one attached hydrogen (secondary N) is 2. The number of amides is 2. The summed E-state index contributed by atoms with van der Waals surface area (Å²) < 4.78 is 5.22. The predicted octanol–water partition coefficient (Wildman–Crippen LogP) is 4.38. The van der Waals surface area contributed by atoms with E-state index in [4.69, 9.17) is 4.74 Å². The SMILES string of the molecule is COc1ccc(C(NC(=O)C(C)NC(=O)c2ccc(C(C)(C)C)cc2)C2CC2)cc1. The molecule has 160 valence electrons. The minimum atomic E-state index is -0.626. The third-order valence-corrected chi connectivity index (χ3v) is 5.62. The normalized spacial score (nSPS) is 15.8. The fourth-order valence-corrected chi connectivity index (χ4v) is 3.46. The Morgan fingerprint density at radius 1 is 0.967 bits per heavy atom. The lowest BCUT2D eigenvalue weighted by Gasteiger charge is -2.22. The number of benzene rings is 2. The van der Waals surface area contributed by atoms with Gasteiger partial charge in [0.25, 0.3) is 5.91 Å². The Balaban J connectivity index is 1.62. The predicted molar refractivity (Wildman–Crippen MR) is 119 cm³/mol. The van der Waals surface area contributed by atoms with Crippen molar-refractivity contribution in [3.63, 3.8) is 0 Å². The first-order valence-corrected chi connectivity index (χ1v) is 10.5. The molecule has 2 amide bonds. The van der Waals surface area contributed by atoms with E-state index >= 15 is 0 Å². The zero-order valence-corrected chi connectivity index (χ0v) is 18.5. The van der Waals surface area contributed by atoms with E-state index in [1.54, 1.807) is 14.0 Å². The van der Waals surface area contributed by atoms with Gasteiger partial charge in [0.05, 0.1) is 13.2 Å². The summed E-state index contributed by atoms with van der Waals surface area (Å²) in [5.74, 6) is 0.806. The molecule has 1 saturated carbocycles. The average molecular weight is 409 g/mol. The van der Waals surface area contributed by atoms with Crippen molar-refractivity contribution in [2.75, 3.05) is 7.11 Å². The van der Waals surface area contributed by atoms with E-state index in [-0.39, 0.29) is 23.3 Å². The van der Waals surface area contributed by atoms with Crippen molar-refractivity contribution in [2.24, 2.45) is 5.92 Å². The first-order chi connectivity index (χ1) is 14.2. The maximum absolute atomic E-state index is 12.8. The second kappa shape index (κ2) is 8.90. The number of rotatable bonds is 7. The van der Waals surface area contributed by atoms with Gasteiger partial charge in [0, 0.05) is 5.56 Å². The summed E-state index contributed by atoms with van der Waals surface area (Å²) in [7, 11) is 1.64. The number of hydrogen-bond donors (Lipinski definition) is 2. The largest absolute Gasteiger partial charge is 0.497 e. The summed E-state index contributed by atoms with van der Waals surface area (Å²) >= 11 is 0. The Labute approximate surface area is 179 Å². The van der Waals surface area contributed by atoms with E-state index in [0.29, 0.717) is 11.5 Å². The molecule has 2 N–H and O–H groups in total. The number of ether oxygens (including phenoxy) is 1. The maximum Gasteiger partial charge on any atom is 0.251 e. The van der Waals surface area contributed by atoms with Crippen LogP contribution in [0.4, 0.5) is 0 Å². The first-order valence-electron chi connectivity index (χ1n) is 10.5. The second-order valence-electron chi connectivity index (χ2n) is 9.12. The van der Waals surface area contributed by atoms with Crippen molar-refractivity contribution in [1.82, 2.24) is 10.6 Å². The van der Waals surface area contributed by atoms with E-state index in [1.807, 2.05) is 48.5 Å². The lowest BCUT2D eigenvalue weighted by molar-refractivity contribution is -0.123. The summed E-state index contributed by atoms with van der Waals surface area (Å²) in [4.78, 5) is 25.4. The van der Waals surface area contributed by atoms with E-state index in [0.717, 1.165) is 29.7 Å². The van der Waals surface area contributed by atoms with Crippen LogP contribution in [0.1, 0.15) is 68.1 Å². The third kappa shape index (κ3) is 5.41. The molecule has 0 saturated heterocycles. The molecule has 0 heterocycles. The van der Waals surface area contributed by atoms with Gasteiger partial charge in [0.2, 0.25) is 5.91 Å². The number of methoxy groups -OCH3 is 1. The molecule has 1 aliphatic rings. The van der Waals surface area contributed by atoms with Gasteiger partial charge >= 0.3 is 0 Å². The van der Waals surface area contributed by atoms with Gasteiger partial charge in [-0.3, -0.25) is 9.59 Å². The van der Waals surface area contributed by atoms with Crippen LogP contribution in [0, 0.1) is 5.92 Å². The molecule has 0 aromatic heterocycles. The van der Waals surface area contributed by atoms with E-state index in [9.17, 15) is 9.59 Å². The van der Waals surface area contributed by atoms with Crippen LogP contribution < -0.4 is 15.4 Å². The minimum Gasteiger partial charge on any atom is -0.497 e. The third-order valence-electron chi connectivity index (χ3n) is 5.62. The van der Waals surface area contributed by atoms with E-state index < -0.39 is 6.04 Å². The van der Waals surface area contributed by atoms with Gasteiger partial charge in [-0.15, -0.1) is 0 Å². The molecule has 0 bridgehead atoms. The molecule has 1 fully saturated rings. The Bertz CT molecular complexity index is 878. The van der Waals surface area contributed by atoms with Gasteiger partial charge in [0.15, 0.2) is 0 Å². The standard InChI is InChI=1S/C25H32N2O3/c1-16(26-24(29)19-8-12-20(13-9-19)25(2,3)4)23(28)27-22(17-6-7-17)18-10-14-21(30-5)15-11-18/h8-17,22H,6-7H2,1-5H3,(H,26,29)(H,27,28). The summed E-state index contributed by atoms with van der Waals surface area (Å²) in [5.41, 5.74) is 2.80. The van der Waals surface area contributed by atoms with Crippen LogP contribution in [0.15, 0.2) is 48.5 Å². The molecular weight excluding hydrogens is 376 g/mol. The van der Waals surface area contributed by atoms with Crippen molar-refractivity contribution < 1.29 is 14.3 Å². The average Bonchev–Trinajstić information content (AvgIpc) is 3.56. The summed E-state index contributed by atoms with van der Waals surface area (Å²) in [5, 5.41) is 5.94. The van der Waals surface area contributed by atoms with Crippen LogP contribution in [0.5, 0.6) is 5.75 Å². The zero-order chi connectivity index (χ0) is 21.9. The van der Waals surface area contributed by atoms with Gasteiger partial charge in [-0.25, -0.2) is 0 Å². The van der Waals surface area contributed by atoms with Crippen molar-refractivity contribution in [3.8, 4) is 5.75 Å². The molecule has 30 heavy (non-hydrogen) atoms. The highest BCUT2D eigenvalue weighted by Gasteiger charge is 2.34. The molecule has 2 aromatic rings. The van der Waals surface area contributed by atoms with Crippen molar-refractivity contribution in [1.29, 1.82) is 0 Å². The number of hydrogen-bond acceptors (Lipinski definition) is 3. The van der Waals surface area contributed by atoms with Gasteiger partial charge in [-0.2, -0.15) is 0 Å². The molecule has 3 rings (SSSR count).